The Balaban J connectivity index is 1.48. The first-order valence-corrected chi connectivity index (χ1v) is 9.21. The second-order valence-corrected chi connectivity index (χ2v) is 6.45. The van der Waals surface area contributed by atoms with E-state index in [9.17, 15) is 4.79 Å². The molecule has 0 saturated heterocycles. The number of hydrogen-bond acceptors (Lipinski definition) is 6. The number of carbonyl (C=O) groups is 1. The van der Waals surface area contributed by atoms with Crippen molar-refractivity contribution < 1.29 is 14.3 Å². The standard InChI is InChI=1S/C20H21N5O3/c1-27-15-8-2-3-9-16(15)28-20-14(7-6-11-21-20)13-22-19(26)18-24-23-17-10-4-5-12-25(17)18/h2-3,6-9,11H,4-5,10,12-13H2,1H3,(H,22,26). The molecule has 1 aromatic carbocycles. The van der Waals surface area contributed by atoms with Crippen LogP contribution in [0.1, 0.15) is 34.8 Å². The fourth-order valence-corrected chi connectivity index (χ4v) is 3.19. The zero-order chi connectivity index (χ0) is 19.3. The van der Waals surface area contributed by atoms with Gasteiger partial charge in [0.25, 0.3) is 5.91 Å². The molecule has 0 bridgehead atoms. The zero-order valence-corrected chi connectivity index (χ0v) is 15.6. The molecule has 1 aliphatic rings. The van der Waals surface area contributed by atoms with Gasteiger partial charge in [-0.1, -0.05) is 18.2 Å². The number of amides is 1. The van der Waals surface area contributed by atoms with Gasteiger partial charge < -0.3 is 19.4 Å². The Morgan fingerprint density at radius 1 is 1.14 bits per heavy atom. The number of aryl methyl sites for hydroxylation is 1. The Bertz CT molecular complexity index is 985. The van der Waals surface area contributed by atoms with Crippen molar-refractivity contribution in [2.75, 3.05) is 7.11 Å². The molecule has 0 unspecified atom stereocenters. The van der Waals surface area contributed by atoms with E-state index in [1.165, 1.54) is 0 Å². The summed E-state index contributed by atoms with van der Waals surface area (Å²) in [5.74, 6) is 2.55. The number of benzene rings is 1. The molecule has 8 nitrogen and oxygen atoms in total. The number of pyridine rings is 1. The number of nitrogens with zero attached hydrogens (tertiary/aromatic N) is 4. The largest absolute Gasteiger partial charge is 0.493 e. The number of ether oxygens (including phenoxy) is 2. The van der Waals surface area contributed by atoms with E-state index < -0.39 is 0 Å². The smallest absolute Gasteiger partial charge is 0.289 e. The van der Waals surface area contributed by atoms with Crippen molar-refractivity contribution in [3.05, 3.63) is 59.8 Å². The van der Waals surface area contributed by atoms with Gasteiger partial charge in [-0.05, 0) is 31.0 Å². The monoisotopic (exact) mass is 379 g/mol. The zero-order valence-electron chi connectivity index (χ0n) is 15.6. The van der Waals surface area contributed by atoms with Crippen LogP contribution in [-0.4, -0.2) is 32.8 Å². The van der Waals surface area contributed by atoms with E-state index in [1.54, 1.807) is 25.4 Å². The SMILES string of the molecule is COc1ccccc1Oc1ncccc1CNC(=O)c1nnc2n1CCCC2. The van der Waals surface area contributed by atoms with Crippen LogP contribution in [0.2, 0.25) is 0 Å². The number of fused-ring (bicyclic) bond motifs is 1. The molecule has 28 heavy (non-hydrogen) atoms. The average molecular weight is 379 g/mol. The summed E-state index contributed by atoms with van der Waals surface area (Å²) < 4.78 is 13.1. The molecule has 0 radical (unpaired) electrons. The highest BCUT2D eigenvalue weighted by Crippen LogP contribution is 2.31. The molecular weight excluding hydrogens is 358 g/mol. The summed E-state index contributed by atoms with van der Waals surface area (Å²) >= 11 is 0. The molecule has 3 aromatic rings. The van der Waals surface area contributed by atoms with Crippen molar-refractivity contribution in [3.63, 3.8) is 0 Å². The highest BCUT2D eigenvalue weighted by molar-refractivity contribution is 5.90. The van der Waals surface area contributed by atoms with Crippen LogP contribution in [0.4, 0.5) is 0 Å². The summed E-state index contributed by atoms with van der Waals surface area (Å²) in [6, 6.07) is 11.0. The van der Waals surface area contributed by atoms with Crippen LogP contribution < -0.4 is 14.8 Å². The Labute approximate surface area is 162 Å². The predicted molar refractivity (Wildman–Crippen MR) is 101 cm³/mol. The molecule has 3 heterocycles. The topological polar surface area (TPSA) is 91.2 Å². The molecule has 144 valence electrons. The lowest BCUT2D eigenvalue weighted by molar-refractivity contribution is 0.0934. The van der Waals surface area contributed by atoms with Crippen LogP contribution in [0, 0.1) is 0 Å². The number of methoxy groups -OCH3 is 1. The average Bonchev–Trinajstić information content (AvgIpc) is 3.17. The van der Waals surface area contributed by atoms with Gasteiger partial charge in [-0.25, -0.2) is 4.98 Å². The third kappa shape index (κ3) is 3.66. The molecule has 0 aliphatic carbocycles. The maximum absolute atomic E-state index is 12.6. The second-order valence-electron chi connectivity index (χ2n) is 6.45. The molecule has 0 spiro atoms. The van der Waals surface area contributed by atoms with Crippen molar-refractivity contribution in [2.45, 2.75) is 32.4 Å². The van der Waals surface area contributed by atoms with Crippen molar-refractivity contribution >= 4 is 5.91 Å². The highest BCUT2D eigenvalue weighted by Gasteiger charge is 2.21. The van der Waals surface area contributed by atoms with Gasteiger partial charge >= 0.3 is 0 Å². The van der Waals surface area contributed by atoms with E-state index in [-0.39, 0.29) is 12.5 Å². The summed E-state index contributed by atoms with van der Waals surface area (Å²) in [7, 11) is 1.58. The highest BCUT2D eigenvalue weighted by atomic mass is 16.5. The van der Waals surface area contributed by atoms with Crippen LogP contribution in [0.5, 0.6) is 17.4 Å². The molecule has 2 aromatic heterocycles. The lowest BCUT2D eigenvalue weighted by Crippen LogP contribution is -2.27. The lowest BCUT2D eigenvalue weighted by Gasteiger charge is -2.15. The number of para-hydroxylation sites is 2. The third-order valence-electron chi connectivity index (χ3n) is 4.63. The van der Waals surface area contributed by atoms with Crippen LogP contribution >= 0.6 is 0 Å². The summed E-state index contributed by atoms with van der Waals surface area (Å²) in [6.07, 6.45) is 4.62. The fourth-order valence-electron chi connectivity index (χ4n) is 3.19. The first-order chi connectivity index (χ1) is 13.8. The number of rotatable bonds is 6. The Kier molecular flexibility index (Phi) is 5.18. The Morgan fingerprint density at radius 2 is 2.00 bits per heavy atom. The van der Waals surface area contributed by atoms with Crippen LogP contribution in [0.25, 0.3) is 0 Å². The first kappa shape index (κ1) is 18.0. The van der Waals surface area contributed by atoms with Gasteiger partial charge in [-0.3, -0.25) is 4.79 Å². The minimum absolute atomic E-state index is 0.257. The summed E-state index contributed by atoms with van der Waals surface area (Å²) in [5, 5.41) is 11.1. The molecule has 0 fully saturated rings. The van der Waals surface area contributed by atoms with Gasteiger partial charge in [0, 0.05) is 31.3 Å². The third-order valence-corrected chi connectivity index (χ3v) is 4.63. The number of aromatic nitrogens is 4. The maximum atomic E-state index is 12.6. The van der Waals surface area contributed by atoms with E-state index in [4.69, 9.17) is 9.47 Å². The minimum atomic E-state index is -0.257. The van der Waals surface area contributed by atoms with Crippen LogP contribution in [0.15, 0.2) is 42.6 Å². The van der Waals surface area contributed by atoms with Crippen molar-refractivity contribution in [2.24, 2.45) is 0 Å². The lowest BCUT2D eigenvalue weighted by atomic mass is 10.1. The van der Waals surface area contributed by atoms with E-state index in [0.717, 1.165) is 37.2 Å². The predicted octanol–water partition coefficient (Wildman–Crippen LogP) is 2.74. The van der Waals surface area contributed by atoms with Crippen molar-refractivity contribution in [1.29, 1.82) is 0 Å². The van der Waals surface area contributed by atoms with E-state index in [1.807, 2.05) is 28.8 Å². The van der Waals surface area contributed by atoms with Gasteiger partial charge in [0.1, 0.15) is 5.82 Å². The second kappa shape index (κ2) is 8.08. The molecular formula is C20H21N5O3. The Hall–Kier alpha value is -3.42. The van der Waals surface area contributed by atoms with E-state index in [0.29, 0.717) is 23.2 Å². The minimum Gasteiger partial charge on any atom is -0.493 e. The number of hydrogen-bond donors (Lipinski definition) is 1. The normalized spacial score (nSPS) is 12.9. The number of nitrogens with one attached hydrogen (secondary N) is 1. The van der Waals surface area contributed by atoms with Gasteiger partial charge in [0.05, 0.1) is 7.11 Å². The number of carbonyl (C=O) groups excluding carboxylic acids is 1. The van der Waals surface area contributed by atoms with Gasteiger partial charge in [-0.2, -0.15) is 0 Å². The first-order valence-electron chi connectivity index (χ1n) is 9.21. The molecule has 4 rings (SSSR count). The van der Waals surface area contributed by atoms with Crippen LogP contribution in [0.3, 0.4) is 0 Å². The Morgan fingerprint density at radius 3 is 2.86 bits per heavy atom. The molecule has 1 amide bonds. The van der Waals surface area contributed by atoms with Gasteiger partial charge in [-0.15, -0.1) is 10.2 Å². The molecule has 0 saturated carbocycles. The molecule has 8 heteroatoms. The quantitative estimate of drug-likeness (QED) is 0.708. The van der Waals surface area contributed by atoms with E-state index in [2.05, 4.69) is 20.5 Å². The summed E-state index contributed by atoms with van der Waals surface area (Å²) in [5.41, 5.74) is 0.750. The molecule has 0 atom stereocenters. The van der Waals surface area contributed by atoms with Crippen molar-refractivity contribution in [3.8, 4) is 17.4 Å². The summed E-state index contributed by atoms with van der Waals surface area (Å²) in [6.45, 7) is 1.04. The fraction of sp³-hybridized carbons (Fsp3) is 0.300. The van der Waals surface area contributed by atoms with E-state index >= 15 is 0 Å². The van der Waals surface area contributed by atoms with Crippen molar-refractivity contribution in [1.82, 2.24) is 25.1 Å². The molecule has 1 aliphatic heterocycles. The maximum Gasteiger partial charge on any atom is 0.289 e. The van der Waals surface area contributed by atoms with Crippen LogP contribution in [-0.2, 0) is 19.5 Å². The summed E-state index contributed by atoms with van der Waals surface area (Å²) in [4.78, 5) is 16.9. The van der Waals surface area contributed by atoms with Gasteiger partial charge in [0.15, 0.2) is 11.5 Å². The van der Waals surface area contributed by atoms with Gasteiger partial charge in [0.2, 0.25) is 11.7 Å². The molecule has 1 N–H and O–H groups in total.